The molecular formula is C23H28N4O2. The molecule has 1 aliphatic heterocycles. The Bertz CT molecular complexity index is 997. The molecule has 6 nitrogen and oxygen atoms in total. The maximum absolute atomic E-state index is 12.7. The maximum Gasteiger partial charge on any atom is 0.239 e. The van der Waals surface area contributed by atoms with Gasteiger partial charge in [-0.05, 0) is 50.2 Å². The van der Waals surface area contributed by atoms with Gasteiger partial charge in [0.05, 0.1) is 18.3 Å². The number of likely N-dealkylation sites (N-methyl/N-ethyl adjacent to an activating group) is 1. The van der Waals surface area contributed by atoms with Crippen LogP contribution in [0, 0.1) is 0 Å². The third-order valence-corrected chi connectivity index (χ3v) is 5.77. The molecule has 1 amide bonds. The van der Waals surface area contributed by atoms with Gasteiger partial charge in [-0.3, -0.25) is 14.7 Å². The number of carbonyl (C=O) groups is 1. The van der Waals surface area contributed by atoms with Gasteiger partial charge in [-0.25, -0.2) is 0 Å². The fourth-order valence-corrected chi connectivity index (χ4v) is 4.25. The zero-order chi connectivity index (χ0) is 20.2. The van der Waals surface area contributed by atoms with Gasteiger partial charge in [0.25, 0.3) is 0 Å². The van der Waals surface area contributed by atoms with Crippen LogP contribution in [0.15, 0.2) is 48.8 Å². The molecule has 3 heterocycles. The predicted octanol–water partition coefficient (Wildman–Crippen LogP) is 3.31. The van der Waals surface area contributed by atoms with Gasteiger partial charge in [0.1, 0.15) is 12.3 Å². The third-order valence-electron chi connectivity index (χ3n) is 5.77. The molecule has 152 valence electrons. The SMILES string of the molecule is CCN1CCCC1CNC(=O)Cn1ccc2ccnc(-c3cccc(OC)c3)c21. The summed E-state index contributed by atoms with van der Waals surface area (Å²) in [6, 6.07) is 12.3. The number of likely N-dealkylation sites (tertiary alicyclic amines) is 1. The topological polar surface area (TPSA) is 59.4 Å². The average Bonchev–Trinajstić information content (AvgIpc) is 3.39. The maximum atomic E-state index is 12.7. The first-order valence-electron chi connectivity index (χ1n) is 10.3. The molecule has 6 heteroatoms. The third kappa shape index (κ3) is 4.12. The Morgan fingerprint density at radius 2 is 2.21 bits per heavy atom. The number of nitrogens with zero attached hydrogens (tertiary/aromatic N) is 3. The van der Waals surface area contributed by atoms with E-state index in [-0.39, 0.29) is 12.5 Å². The lowest BCUT2D eigenvalue weighted by Gasteiger charge is -2.23. The number of fused-ring (bicyclic) bond motifs is 1. The smallest absolute Gasteiger partial charge is 0.239 e. The van der Waals surface area contributed by atoms with Crippen LogP contribution in [0.25, 0.3) is 22.2 Å². The van der Waals surface area contributed by atoms with Crippen LogP contribution in [0.1, 0.15) is 19.8 Å². The van der Waals surface area contributed by atoms with E-state index in [1.807, 2.05) is 47.2 Å². The molecule has 1 atom stereocenters. The molecule has 1 fully saturated rings. The molecule has 1 aromatic carbocycles. The first-order chi connectivity index (χ1) is 14.2. The van der Waals surface area contributed by atoms with E-state index in [1.54, 1.807) is 13.3 Å². The van der Waals surface area contributed by atoms with Crippen molar-refractivity contribution >= 4 is 16.8 Å². The monoisotopic (exact) mass is 392 g/mol. The van der Waals surface area contributed by atoms with Crippen molar-refractivity contribution in [2.75, 3.05) is 26.7 Å². The van der Waals surface area contributed by atoms with E-state index in [1.165, 1.54) is 6.42 Å². The highest BCUT2D eigenvalue weighted by Gasteiger charge is 2.23. The number of hydrogen-bond donors (Lipinski definition) is 1. The summed E-state index contributed by atoms with van der Waals surface area (Å²) in [5, 5.41) is 4.20. The number of hydrogen-bond acceptors (Lipinski definition) is 4. The second-order valence-corrected chi connectivity index (χ2v) is 7.50. The molecule has 0 radical (unpaired) electrons. The largest absolute Gasteiger partial charge is 0.497 e. The van der Waals surface area contributed by atoms with Gasteiger partial charge in [0, 0.05) is 35.9 Å². The zero-order valence-electron chi connectivity index (χ0n) is 17.1. The number of carbonyl (C=O) groups excluding carboxylic acids is 1. The number of amides is 1. The van der Waals surface area contributed by atoms with Gasteiger partial charge in [-0.15, -0.1) is 0 Å². The van der Waals surface area contributed by atoms with Crippen molar-refractivity contribution < 1.29 is 9.53 Å². The number of benzene rings is 1. The lowest BCUT2D eigenvalue weighted by atomic mass is 10.1. The van der Waals surface area contributed by atoms with Crippen LogP contribution in [0.2, 0.25) is 0 Å². The Balaban J connectivity index is 1.54. The summed E-state index contributed by atoms with van der Waals surface area (Å²) < 4.78 is 7.35. The lowest BCUT2D eigenvalue weighted by Crippen LogP contribution is -2.41. The summed E-state index contributed by atoms with van der Waals surface area (Å²) >= 11 is 0. The molecule has 2 aromatic heterocycles. The van der Waals surface area contributed by atoms with Crippen LogP contribution in [0.3, 0.4) is 0 Å². The molecule has 0 spiro atoms. The molecular weight excluding hydrogens is 364 g/mol. The molecule has 29 heavy (non-hydrogen) atoms. The first kappa shape index (κ1) is 19.5. The summed E-state index contributed by atoms with van der Waals surface area (Å²) in [5.74, 6) is 0.820. The summed E-state index contributed by atoms with van der Waals surface area (Å²) in [4.78, 5) is 19.7. The number of methoxy groups -OCH3 is 1. The number of aromatic nitrogens is 2. The normalized spacial score (nSPS) is 17.0. The van der Waals surface area contributed by atoms with Crippen LogP contribution >= 0.6 is 0 Å². The number of pyridine rings is 1. The van der Waals surface area contributed by atoms with Crippen molar-refractivity contribution in [2.24, 2.45) is 0 Å². The Kier molecular flexibility index (Phi) is 5.81. The minimum Gasteiger partial charge on any atom is -0.497 e. The van der Waals surface area contributed by atoms with E-state index in [4.69, 9.17) is 4.74 Å². The van der Waals surface area contributed by atoms with Crippen molar-refractivity contribution in [1.29, 1.82) is 0 Å². The molecule has 1 unspecified atom stereocenters. The van der Waals surface area contributed by atoms with Crippen molar-refractivity contribution in [3.05, 3.63) is 48.8 Å². The Morgan fingerprint density at radius 3 is 3.03 bits per heavy atom. The van der Waals surface area contributed by atoms with E-state index in [9.17, 15) is 4.79 Å². The Labute approximate surface area is 171 Å². The molecule has 4 rings (SSSR count). The van der Waals surface area contributed by atoms with Crippen LogP contribution in [-0.4, -0.2) is 53.1 Å². The van der Waals surface area contributed by atoms with E-state index in [0.29, 0.717) is 12.6 Å². The highest BCUT2D eigenvalue weighted by Crippen LogP contribution is 2.29. The fourth-order valence-electron chi connectivity index (χ4n) is 4.25. The number of nitrogens with one attached hydrogen (secondary N) is 1. The first-order valence-corrected chi connectivity index (χ1v) is 10.3. The van der Waals surface area contributed by atoms with Crippen LogP contribution < -0.4 is 10.1 Å². The second kappa shape index (κ2) is 8.66. The van der Waals surface area contributed by atoms with Gasteiger partial charge in [0.15, 0.2) is 0 Å². The minimum atomic E-state index is 0.0332. The van der Waals surface area contributed by atoms with Crippen molar-refractivity contribution in [3.63, 3.8) is 0 Å². The lowest BCUT2D eigenvalue weighted by molar-refractivity contribution is -0.121. The van der Waals surface area contributed by atoms with E-state index in [2.05, 4.69) is 22.1 Å². The van der Waals surface area contributed by atoms with Crippen molar-refractivity contribution in [2.45, 2.75) is 32.4 Å². The number of rotatable bonds is 7. The summed E-state index contributed by atoms with van der Waals surface area (Å²) in [5.41, 5.74) is 2.79. The molecule has 0 bridgehead atoms. The van der Waals surface area contributed by atoms with Crippen molar-refractivity contribution in [1.82, 2.24) is 19.8 Å². The molecule has 0 saturated carbocycles. The van der Waals surface area contributed by atoms with Gasteiger partial charge in [-0.2, -0.15) is 0 Å². The van der Waals surface area contributed by atoms with Gasteiger partial charge in [0.2, 0.25) is 5.91 Å². The highest BCUT2D eigenvalue weighted by molar-refractivity contribution is 5.93. The van der Waals surface area contributed by atoms with Crippen LogP contribution in [-0.2, 0) is 11.3 Å². The predicted molar refractivity (Wildman–Crippen MR) is 115 cm³/mol. The van der Waals surface area contributed by atoms with E-state index >= 15 is 0 Å². The Hall–Kier alpha value is -2.86. The molecule has 1 saturated heterocycles. The van der Waals surface area contributed by atoms with Crippen LogP contribution in [0.4, 0.5) is 0 Å². The molecule has 0 aliphatic carbocycles. The standard InChI is InChI=1S/C23H28N4O2/c1-3-26-12-5-7-19(26)15-25-21(28)16-27-13-10-17-9-11-24-22(23(17)27)18-6-4-8-20(14-18)29-2/h4,6,8-11,13-14,19H,3,5,7,12,15-16H2,1-2H3,(H,25,28). The van der Waals surface area contributed by atoms with E-state index < -0.39 is 0 Å². The molecule has 1 aliphatic rings. The van der Waals surface area contributed by atoms with E-state index in [0.717, 1.165) is 47.4 Å². The fraction of sp³-hybridized carbons (Fsp3) is 0.391. The van der Waals surface area contributed by atoms with Gasteiger partial charge >= 0.3 is 0 Å². The summed E-state index contributed by atoms with van der Waals surface area (Å²) in [6.45, 7) is 5.35. The second-order valence-electron chi connectivity index (χ2n) is 7.50. The van der Waals surface area contributed by atoms with Crippen LogP contribution in [0.5, 0.6) is 5.75 Å². The summed E-state index contributed by atoms with van der Waals surface area (Å²) in [7, 11) is 1.66. The number of ether oxygens (including phenoxy) is 1. The highest BCUT2D eigenvalue weighted by atomic mass is 16.5. The quantitative estimate of drug-likeness (QED) is 0.670. The molecule has 3 aromatic rings. The Morgan fingerprint density at radius 1 is 1.31 bits per heavy atom. The van der Waals surface area contributed by atoms with Gasteiger partial charge < -0.3 is 14.6 Å². The molecule has 1 N–H and O–H groups in total. The summed E-state index contributed by atoms with van der Waals surface area (Å²) in [6.07, 6.45) is 6.14. The van der Waals surface area contributed by atoms with Crippen molar-refractivity contribution in [3.8, 4) is 17.0 Å². The van der Waals surface area contributed by atoms with Gasteiger partial charge in [-0.1, -0.05) is 19.1 Å². The minimum absolute atomic E-state index is 0.0332. The zero-order valence-corrected chi connectivity index (χ0v) is 17.1. The average molecular weight is 393 g/mol.